The van der Waals surface area contributed by atoms with Gasteiger partial charge in [-0.2, -0.15) is 0 Å². The summed E-state index contributed by atoms with van der Waals surface area (Å²) in [5, 5.41) is 14.7. The van der Waals surface area contributed by atoms with Crippen molar-refractivity contribution < 1.29 is 9.90 Å². The van der Waals surface area contributed by atoms with E-state index in [9.17, 15) is 4.79 Å². The molecule has 0 aromatic rings. The van der Waals surface area contributed by atoms with E-state index >= 15 is 0 Å². The molecule has 0 fully saturated rings. The summed E-state index contributed by atoms with van der Waals surface area (Å²) in [5.74, 6) is -0.809. The standard InChI is InChI=1S/C9H20N2O2/c1-7(8(12)13)10-5-6-11-9(2,3)4/h7,10-11H,5-6H2,1-4H3,(H,12,13). The van der Waals surface area contributed by atoms with Crippen molar-refractivity contribution in [2.45, 2.75) is 39.3 Å². The third-order valence-electron chi connectivity index (χ3n) is 1.60. The number of aliphatic carboxylic acids is 1. The molecule has 0 saturated heterocycles. The quantitative estimate of drug-likeness (QED) is 0.548. The van der Waals surface area contributed by atoms with Crippen molar-refractivity contribution in [2.75, 3.05) is 13.1 Å². The molecular formula is C9H20N2O2. The van der Waals surface area contributed by atoms with Crippen LogP contribution in [0.4, 0.5) is 0 Å². The molecule has 1 atom stereocenters. The molecule has 4 nitrogen and oxygen atoms in total. The van der Waals surface area contributed by atoms with Gasteiger partial charge in [0.25, 0.3) is 0 Å². The van der Waals surface area contributed by atoms with Crippen LogP contribution in [0.2, 0.25) is 0 Å². The lowest BCUT2D eigenvalue weighted by molar-refractivity contribution is -0.138. The Balaban J connectivity index is 3.41. The third kappa shape index (κ3) is 7.74. The lowest BCUT2D eigenvalue weighted by Gasteiger charge is -2.21. The number of rotatable bonds is 5. The van der Waals surface area contributed by atoms with Gasteiger partial charge in [-0.15, -0.1) is 0 Å². The predicted octanol–water partition coefficient (Wildman–Crippen LogP) is 0.437. The number of hydrogen-bond acceptors (Lipinski definition) is 3. The van der Waals surface area contributed by atoms with E-state index in [-0.39, 0.29) is 5.54 Å². The molecule has 0 aliphatic carbocycles. The van der Waals surface area contributed by atoms with Gasteiger partial charge in [0.15, 0.2) is 0 Å². The first-order chi connectivity index (χ1) is 5.83. The molecular weight excluding hydrogens is 168 g/mol. The van der Waals surface area contributed by atoms with Crippen LogP contribution in [0.25, 0.3) is 0 Å². The average Bonchev–Trinajstić information content (AvgIpc) is 1.95. The molecule has 0 rings (SSSR count). The van der Waals surface area contributed by atoms with Crippen LogP contribution in [-0.2, 0) is 4.79 Å². The third-order valence-corrected chi connectivity index (χ3v) is 1.60. The number of carbonyl (C=O) groups is 1. The van der Waals surface area contributed by atoms with Crippen LogP contribution in [-0.4, -0.2) is 35.7 Å². The number of hydrogen-bond donors (Lipinski definition) is 3. The molecule has 3 N–H and O–H groups in total. The van der Waals surface area contributed by atoms with Crippen molar-refractivity contribution >= 4 is 5.97 Å². The lowest BCUT2D eigenvalue weighted by Crippen LogP contribution is -2.43. The Kier molecular flexibility index (Phi) is 4.95. The van der Waals surface area contributed by atoms with Gasteiger partial charge in [0.05, 0.1) is 0 Å². The second kappa shape index (κ2) is 5.19. The minimum absolute atomic E-state index is 0.0914. The Bertz CT molecular complexity index is 163. The lowest BCUT2D eigenvalue weighted by atomic mass is 10.1. The van der Waals surface area contributed by atoms with Gasteiger partial charge in [-0.05, 0) is 27.7 Å². The van der Waals surface area contributed by atoms with E-state index in [2.05, 4.69) is 31.4 Å². The highest BCUT2D eigenvalue weighted by atomic mass is 16.4. The van der Waals surface area contributed by atoms with Gasteiger partial charge in [0.1, 0.15) is 6.04 Å². The minimum Gasteiger partial charge on any atom is -0.480 e. The Hall–Kier alpha value is -0.610. The van der Waals surface area contributed by atoms with Crippen molar-refractivity contribution in [2.24, 2.45) is 0 Å². The van der Waals surface area contributed by atoms with E-state index in [1.165, 1.54) is 0 Å². The highest BCUT2D eigenvalue weighted by Crippen LogP contribution is 1.96. The van der Waals surface area contributed by atoms with Crippen LogP contribution in [0.1, 0.15) is 27.7 Å². The number of nitrogens with one attached hydrogen (secondary N) is 2. The van der Waals surface area contributed by atoms with Crippen molar-refractivity contribution in [3.8, 4) is 0 Å². The first-order valence-corrected chi connectivity index (χ1v) is 4.54. The van der Waals surface area contributed by atoms with Crippen molar-refractivity contribution in [3.63, 3.8) is 0 Å². The zero-order valence-corrected chi connectivity index (χ0v) is 8.85. The van der Waals surface area contributed by atoms with E-state index in [0.717, 1.165) is 6.54 Å². The molecule has 0 amide bonds. The second-order valence-electron chi connectivity index (χ2n) is 4.19. The fourth-order valence-electron chi connectivity index (χ4n) is 0.813. The first kappa shape index (κ1) is 12.4. The Labute approximate surface area is 79.7 Å². The SMILES string of the molecule is CC(NCCNC(C)(C)C)C(=O)O. The largest absolute Gasteiger partial charge is 0.480 e. The molecule has 0 aliphatic heterocycles. The number of carboxylic acid groups (broad SMARTS) is 1. The van der Waals surface area contributed by atoms with E-state index in [1.54, 1.807) is 6.92 Å². The summed E-state index contributed by atoms with van der Waals surface area (Å²) in [6.45, 7) is 9.32. The second-order valence-corrected chi connectivity index (χ2v) is 4.19. The molecule has 0 spiro atoms. The molecule has 0 bridgehead atoms. The molecule has 0 aromatic carbocycles. The summed E-state index contributed by atoms with van der Waals surface area (Å²) in [6.07, 6.45) is 0. The predicted molar refractivity (Wildman–Crippen MR) is 52.9 cm³/mol. The minimum atomic E-state index is -0.809. The normalized spacial score (nSPS) is 14.2. The summed E-state index contributed by atoms with van der Waals surface area (Å²) in [5.41, 5.74) is 0.0914. The van der Waals surface area contributed by atoms with Crippen LogP contribution in [0.3, 0.4) is 0 Å². The highest BCUT2D eigenvalue weighted by molar-refractivity contribution is 5.72. The van der Waals surface area contributed by atoms with Crippen LogP contribution >= 0.6 is 0 Å². The molecule has 0 heterocycles. The smallest absolute Gasteiger partial charge is 0.320 e. The number of carboxylic acids is 1. The van der Waals surface area contributed by atoms with Crippen molar-refractivity contribution in [1.82, 2.24) is 10.6 Å². The fraction of sp³-hybridized carbons (Fsp3) is 0.889. The van der Waals surface area contributed by atoms with Gasteiger partial charge in [0, 0.05) is 18.6 Å². The maximum atomic E-state index is 10.4. The highest BCUT2D eigenvalue weighted by Gasteiger charge is 2.10. The monoisotopic (exact) mass is 188 g/mol. The molecule has 0 aliphatic rings. The van der Waals surface area contributed by atoms with Crippen LogP contribution in [0.5, 0.6) is 0 Å². The molecule has 13 heavy (non-hydrogen) atoms. The molecule has 78 valence electrons. The van der Waals surface area contributed by atoms with Gasteiger partial charge < -0.3 is 15.7 Å². The maximum Gasteiger partial charge on any atom is 0.320 e. The summed E-state index contributed by atoms with van der Waals surface area (Å²) in [7, 11) is 0. The molecule has 0 saturated carbocycles. The average molecular weight is 188 g/mol. The van der Waals surface area contributed by atoms with E-state index < -0.39 is 12.0 Å². The van der Waals surface area contributed by atoms with Gasteiger partial charge in [-0.3, -0.25) is 4.79 Å². The van der Waals surface area contributed by atoms with Crippen LogP contribution in [0.15, 0.2) is 0 Å². The van der Waals surface area contributed by atoms with Crippen molar-refractivity contribution in [1.29, 1.82) is 0 Å². The summed E-state index contributed by atoms with van der Waals surface area (Å²) >= 11 is 0. The zero-order valence-electron chi connectivity index (χ0n) is 8.85. The topological polar surface area (TPSA) is 61.4 Å². The summed E-state index contributed by atoms with van der Waals surface area (Å²) in [4.78, 5) is 10.4. The van der Waals surface area contributed by atoms with Crippen LogP contribution < -0.4 is 10.6 Å². The molecule has 0 radical (unpaired) electrons. The first-order valence-electron chi connectivity index (χ1n) is 4.54. The molecule has 1 unspecified atom stereocenters. The van der Waals surface area contributed by atoms with E-state index in [0.29, 0.717) is 6.54 Å². The summed E-state index contributed by atoms with van der Waals surface area (Å²) < 4.78 is 0. The molecule has 4 heteroatoms. The maximum absolute atomic E-state index is 10.4. The van der Waals surface area contributed by atoms with Gasteiger partial charge in [0.2, 0.25) is 0 Å². The summed E-state index contributed by atoms with van der Waals surface area (Å²) in [6, 6.07) is -0.471. The van der Waals surface area contributed by atoms with Crippen molar-refractivity contribution in [3.05, 3.63) is 0 Å². The van der Waals surface area contributed by atoms with Gasteiger partial charge in [-0.25, -0.2) is 0 Å². The zero-order chi connectivity index (χ0) is 10.5. The van der Waals surface area contributed by atoms with E-state index in [1.807, 2.05) is 0 Å². The molecule has 0 aromatic heterocycles. The van der Waals surface area contributed by atoms with Gasteiger partial charge >= 0.3 is 5.97 Å². The Morgan fingerprint density at radius 1 is 1.38 bits per heavy atom. The Morgan fingerprint density at radius 3 is 2.31 bits per heavy atom. The van der Waals surface area contributed by atoms with Crippen LogP contribution in [0, 0.1) is 0 Å². The fourth-order valence-corrected chi connectivity index (χ4v) is 0.813. The Morgan fingerprint density at radius 2 is 1.92 bits per heavy atom. The van der Waals surface area contributed by atoms with E-state index in [4.69, 9.17) is 5.11 Å². The van der Waals surface area contributed by atoms with Gasteiger partial charge in [-0.1, -0.05) is 0 Å².